The van der Waals surface area contributed by atoms with Crippen LogP contribution in [0.3, 0.4) is 0 Å². The summed E-state index contributed by atoms with van der Waals surface area (Å²) in [7, 11) is 0. The Morgan fingerprint density at radius 3 is 2.89 bits per heavy atom. The number of ether oxygens (including phenoxy) is 1. The van der Waals surface area contributed by atoms with Gasteiger partial charge in [0.15, 0.2) is 0 Å². The lowest BCUT2D eigenvalue weighted by Crippen LogP contribution is -2.34. The van der Waals surface area contributed by atoms with Gasteiger partial charge < -0.3 is 14.5 Å². The number of nitrogens with zero attached hydrogens (tertiary/aromatic N) is 2. The predicted molar refractivity (Wildman–Crippen MR) is 100 cm³/mol. The number of nitrogens with one attached hydrogen (secondary N) is 1. The fourth-order valence-corrected chi connectivity index (χ4v) is 3.61. The van der Waals surface area contributed by atoms with Crippen LogP contribution in [-0.2, 0) is 9.53 Å². The molecule has 27 heavy (non-hydrogen) atoms. The Hall–Kier alpha value is -2.86. The van der Waals surface area contributed by atoms with Crippen molar-refractivity contribution >= 4 is 5.91 Å². The Morgan fingerprint density at radius 2 is 2.11 bits per heavy atom. The van der Waals surface area contributed by atoms with Crippen LogP contribution in [0.15, 0.2) is 59.3 Å². The number of rotatable bonds is 5. The first-order valence-electron chi connectivity index (χ1n) is 9.20. The summed E-state index contributed by atoms with van der Waals surface area (Å²) in [6.07, 6.45) is 3.72. The lowest BCUT2D eigenvalue weighted by molar-refractivity contribution is -0.127. The molecule has 2 aromatic heterocycles. The second-order valence-corrected chi connectivity index (χ2v) is 6.89. The monoisotopic (exact) mass is 365 g/mol. The number of para-hydroxylation sites is 1. The highest BCUT2D eigenvalue weighted by Crippen LogP contribution is 2.36. The van der Waals surface area contributed by atoms with Gasteiger partial charge in [-0.15, -0.1) is 0 Å². The van der Waals surface area contributed by atoms with Crippen LogP contribution in [0.4, 0.5) is 0 Å². The van der Waals surface area contributed by atoms with Crippen LogP contribution in [0, 0.1) is 12.8 Å². The molecule has 0 bridgehead atoms. The summed E-state index contributed by atoms with van der Waals surface area (Å²) in [6.45, 7) is 4.52. The summed E-state index contributed by atoms with van der Waals surface area (Å²) in [5.74, 6) is 0.449. The second-order valence-electron chi connectivity index (χ2n) is 6.89. The summed E-state index contributed by atoms with van der Waals surface area (Å²) in [5.41, 5.74) is 3.01. The maximum atomic E-state index is 12.9. The molecule has 0 spiro atoms. The average Bonchev–Trinajstić information content (AvgIpc) is 3.41. The zero-order valence-electron chi connectivity index (χ0n) is 15.5. The Labute approximate surface area is 158 Å². The van der Waals surface area contributed by atoms with Crippen molar-refractivity contribution in [2.45, 2.75) is 32.4 Å². The zero-order chi connectivity index (χ0) is 18.8. The Morgan fingerprint density at radius 1 is 1.26 bits per heavy atom. The number of aryl methyl sites for hydroxylation is 1. The molecular weight excluding hydrogens is 342 g/mol. The molecule has 0 saturated carbocycles. The molecule has 1 saturated heterocycles. The highest BCUT2D eigenvalue weighted by Gasteiger charge is 2.38. The van der Waals surface area contributed by atoms with Crippen molar-refractivity contribution in [3.05, 3.63) is 71.9 Å². The van der Waals surface area contributed by atoms with E-state index < -0.39 is 0 Å². The summed E-state index contributed by atoms with van der Waals surface area (Å²) in [4.78, 5) is 12.9. The van der Waals surface area contributed by atoms with Gasteiger partial charge in [-0.05, 0) is 50.1 Å². The van der Waals surface area contributed by atoms with E-state index in [0.717, 1.165) is 22.7 Å². The van der Waals surface area contributed by atoms with Gasteiger partial charge in [0.25, 0.3) is 0 Å². The quantitative estimate of drug-likeness (QED) is 0.748. The van der Waals surface area contributed by atoms with Crippen molar-refractivity contribution in [3.8, 4) is 5.69 Å². The van der Waals surface area contributed by atoms with E-state index in [2.05, 4.69) is 10.4 Å². The minimum Gasteiger partial charge on any atom is -0.467 e. The van der Waals surface area contributed by atoms with Crippen LogP contribution in [-0.4, -0.2) is 22.3 Å². The van der Waals surface area contributed by atoms with Gasteiger partial charge in [0, 0.05) is 12.8 Å². The SMILES string of the molecule is Cc1ccccc1-n1nccc1[C@H]1OCC[C@@H]1C(=O)N[C@@H](C)c1ccco1. The molecule has 0 radical (unpaired) electrons. The Bertz CT molecular complexity index is 916. The van der Waals surface area contributed by atoms with E-state index in [1.165, 1.54) is 0 Å². The molecule has 6 heteroatoms. The van der Waals surface area contributed by atoms with Gasteiger partial charge in [-0.3, -0.25) is 4.79 Å². The van der Waals surface area contributed by atoms with E-state index in [9.17, 15) is 4.79 Å². The van der Waals surface area contributed by atoms with Gasteiger partial charge in [0.2, 0.25) is 5.91 Å². The number of hydrogen-bond donors (Lipinski definition) is 1. The largest absolute Gasteiger partial charge is 0.467 e. The molecule has 0 unspecified atom stereocenters. The summed E-state index contributed by atoms with van der Waals surface area (Å²) < 4.78 is 13.2. The third-order valence-electron chi connectivity index (χ3n) is 5.06. The number of benzene rings is 1. The van der Waals surface area contributed by atoms with Crippen LogP contribution in [0.1, 0.15) is 42.5 Å². The van der Waals surface area contributed by atoms with Crippen LogP contribution >= 0.6 is 0 Å². The van der Waals surface area contributed by atoms with E-state index in [4.69, 9.17) is 9.15 Å². The third-order valence-corrected chi connectivity index (χ3v) is 5.06. The van der Waals surface area contributed by atoms with Crippen LogP contribution < -0.4 is 5.32 Å². The molecule has 1 fully saturated rings. The molecule has 1 aliphatic rings. The molecule has 1 aliphatic heterocycles. The number of amides is 1. The van der Waals surface area contributed by atoms with Crippen LogP contribution in [0.5, 0.6) is 0 Å². The molecule has 3 aromatic rings. The van der Waals surface area contributed by atoms with Crippen molar-refractivity contribution in [2.24, 2.45) is 5.92 Å². The molecule has 1 aromatic carbocycles. The summed E-state index contributed by atoms with van der Waals surface area (Å²) >= 11 is 0. The fraction of sp³-hybridized carbons (Fsp3) is 0.333. The van der Waals surface area contributed by atoms with Crippen molar-refractivity contribution in [1.29, 1.82) is 0 Å². The van der Waals surface area contributed by atoms with Crippen molar-refractivity contribution in [3.63, 3.8) is 0 Å². The second kappa shape index (κ2) is 7.40. The zero-order valence-corrected chi connectivity index (χ0v) is 15.5. The number of furan rings is 1. The lowest BCUT2D eigenvalue weighted by atomic mass is 9.97. The van der Waals surface area contributed by atoms with E-state index in [-0.39, 0.29) is 24.0 Å². The van der Waals surface area contributed by atoms with Crippen molar-refractivity contribution in [2.75, 3.05) is 6.61 Å². The highest BCUT2D eigenvalue weighted by atomic mass is 16.5. The molecule has 6 nitrogen and oxygen atoms in total. The predicted octanol–water partition coefficient (Wildman–Crippen LogP) is 3.73. The van der Waals surface area contributed by atoms with E-state index in [0.29, 0.717) is 13.0 Å². The number of aromatic nitrogens is 2. The van der Waals surface area contributed by atoms with E-state index in [1.54, 1.807) is 12.5 Å². The third kappa shape index (κ3) is 3.40. The van der Waals surface area contributed by atoms with Crippen LogP contribution in [0.25, 0.3) is 5.69 Å². The number of carbonyl (C=O) groups excluding carboxylic acids is 1. The molecular formula is C21H23N3O3. The molecule has 1 amide bonds. The molecule has 1 N–H and O–H groups in total. The van der Waals surface area contributed by atoms with Gasteiger partial charge in [-0.1, -0.05) is 18.2 Å². The topological polar surface area (TPSA) is 69.3 Å². The van der Waals surface area contributed by atoms with Gasteiger partial charge in [0.05, 0.1) is 29.6 Å². The fourth-order valence-electron chi connectivity index (χ4n) is 3.61. The molecule has 140 valence electrons. The minimum atomic E-state index is -0.323. The Kier molecular flexibility index (Phi) is 4.81. The Balaban J connectivity index is 1.57. The van der Waals surface area contributed by atoms with Crippen molar-refractivity contribution in [1.82, 2.24) is 15.1 Å². The minimum absolute atomic E-state index is 0.0288. The van der Waals surface area contributed by atoms with Gasteiger partial charge >= 0.3 is 0 Å². The first kappa shape index (κ1) is 17.5. The van der Waals surface area contributed by atoms with Crippen molar-refractivity contribution < 1.29 is 13.9 Å². The normalized spacial score (nSPS) is 20.5. The highest BCUT2D eigenvalue weighted by molar-refractivity contribution is 5.80. The maximum Gasteiger partial charge on any atom is 0.226 e. The molecule has 3 atom stereocenters. The average molecular weight is 365 g/mol. The summed E-state index contributed by atoms with van der Waals surface area (Å²) in [5, 5.41) is 7.52. The first-order valence-corrected chi connectivity index (χ1v) is 9.20. The van der Waals surface area contributed by atoms with Gasteiger partial charge in [0.1, 0.15) is 11.9 Å². The smallest absolute Gasteiger partial charge is 0.226 e. The molecule has 0 aliphatic carbocycles. The number of hydrogen-bond acceptors (Lipinski definition) is 4. The lowest BCUT2D eigenvalue weighted by Gasteiger charge is -2.21. The first-order chi connectivity index (χ1) is 13.1. The van der Waals surface area contributed by atoms with E-state index in [1.807, 2.05) is 61.0 Å². The molecule has 3 heterocycles. The van der Waals surface area contributed by atoms with Gasteiger partial charge in [-0.25, -0.2) is 4.68 Å². The summed E-state index contributed by atoms with van der Waals surface area (Å²) in [6, 6.07) is 13.5. The van der Waals surface area contributed by atoms with E-state index >= 15 is 0 Å². The standard InChI is InChI=1S/C21H23N3O3/c1-14-6-3-4-7-17(14)24-18(9-11-22-24)20-16(10-13-27-20)21(25)23-15(2)19-8-5-12-26-19/h3-9,11-12,15-16,20H,10,13H2,1-2H3,(H,23,25)/t15-,16-,20-/m0/s1. The van der Waals surface area contributed by atoms with Crippen LogP contribution in [0.2, 0.25) is 0 Å². The maximum absolute atomic E-state index is 12.9. The number of carbonyl (C=O) groups is 1. The molecule has 4 rings (SSSR count). The van der Waals surface area contributed by atoms with Gasteiger partial charge in [-0.2, -0.15) is 5.10 Å².